The summed E-state index contributed by atoms with van der Waals surface area (Å²) >= 11 is 5.64. The standard InChI is InChI=1S/C18H17ClF3NO/c19-12-17(24)23(11-10-14-4-2-1-3-5-14)13-15-6-8-16(9-7-15)18(20,21)22/h1-9H,10-13H2. The van der Waals surface area contributed by atoms with Crippen LogP contribution in [-0.2, 0) is 23.9 Å². The number of hydrogen-bond donors (Lipinski definition) is 0. The Balaban J connectivity index is 2.04. The highest BCUT2D eigenvalue weighted by Crippen LogP contribution is 2.29. The lowest BCUT2D eigenvalue weighted by atomic mass is 10.1. The molecule has 0 radical (unpaired) electrons. The van der Waals surface area contributed by atoms with Crippen LogP contribution in [0, 0.1) is 0 Å². The van der Waals surface area contributed by atoms with Crippen LogP contribution in [0.15, 0.2) is 54.6 Å². The molecular formula is C18H17ClF3NO. The van der Waals surface area contributed by atoms with Crippen molar-refractivity contribution >= 4 is 17.5 Å². The number of rotatable bonds is 6. The minimum Gasteiger partial charge on any atom is -0.337 e. The van der Waals surface area contributed by atoms with Crippen LogP contribution >= 0.6 is 11.6 Å². The number of carbonyl (C=O) groups is 1. The number of alkyl halides is 4. The molecule has 2 aromatic rings. The lowest BCUT2D eigenvalue weighted by Gasteiger charge is -2.22. The molecule has 0 atom stereocenters. The quantitative estimate of drug-likeness (QED) is 0.698. The molecule has 2 nitrogen and oxygen atoms in total. The van der Waals surface area contributed by atoms with Crippen LogP contribution in [0.5, 0.6) is 0 Å². The summed E-state index contributed by atoms with van der Waals surface area (Å²) in [4.78, 5) is 13.5. The first-order valence-corrected chi connectivity index (χ1v) is 7.97. The highest BCUT2D eigenvalue weighted by molar-refractivity contribution is 6.27. The van der Waals surface area contributed by atoms with Crippen LogP contribution in [0.1, 0.15) is 16.7 Å². The topological polar surface area (TPSA) is 20.3 Å². The molecule has 0 unspecified atom stereocenters. The first-order valence-electron chi connectivity index (χ1n) is 7.44. The maximum absolute atomic E-state index is 12.6. The molecule has 24 heavy (non-hydrogen) atoms. The molecule has 128 valence electrons. The van der Waals surface area contributed by atoms with E-state index in [1.165, 1.54) is 12.1 Å². The van der Waals surface area contributed by atoms with Crippen LogP contribution in [0.4, 0.5) is 13.2 Å². The van der Waals surface area contributed by atoms with E-state index in [-0.39, 0.29) is 18.3 Å². The summed E-state index contributed by atoms with van der Waals surface area (Å²) in [6.45, 7) is 0.688. The smallest absolute Gasteiger partial charge is 0.337 e. The second-order valence-corrected chi connectivity index (χ2v) is 5.65. The molecule has 0 aliphatic rings. The monoisotopic (exact) mass is 355 g/mol. The largest absolute Gasteiger partial charge is 0.416 e. The van der Waals surface area contributed by atoms with E-state index in [9.17, 15) is 18.0 Å². The van der Waals surface area contributed by atoms with E-state index in [1.54, 1.807) is 4.90 Å². The Hall–Kier alpha value is -2.01. The van der Waals surface area contributed by atoms with Crippen LogP contribution in [0.2, 0.25) is 0 Å². The molecule has 0 bridgehead atoms. The minimum atomic E-state index is -4.36. The SMILES string of the molecule is O=C(CCl)N(CCc1ccccc1)Cc1ccc(C(F)(F)F)cc1. The maximum Gasteiger partial charge on any atom is 0.416 e. The Morgan fingerprint density at radius 3 is 2.12 bits per heavy atom. The Labute approximate surface area is 143 Å². The summed E-state index contributed by atoms with van der Waals surface area (Å²) < 4.78 is 37.8. The van der Waals surface area contributed by atoms with Gasteiger partial charge in [-0.25, -0.2) is 0 Å². The number of benzene rings is 2. The van der Waals surface area contributed by atoms with Crippen LogP contribution in [-0.4, -0.2) is 23.2 Å². The number of amides is 1. The van der Waals surface area contributed by atoms with Gasteiger partial charge < -0.3 is 4.90 Å². The molecule has 0 saturated carbocycles. The molecule has 0 N–H and O–H groups in total. The summed E-state index contributed by atoms with van der Waals surface area (Å²) in [6.07, 6.45) is -3.71. The van der Waals surface area contributed by atoms with Gasteiger partial charge in [-0.1, -0.05) is 42.5 Å². The van der Waals surface area contributed by atoms with Gasteiger partial charge in [0.2, 0.25) is 5.91 Å². The van der Waals surface area contributed by atoms with Crippen molar-refractivity contribution in [1.29, 1.82) is 0 Å². The van der Waals surface area contributed by atoms with Gasteiger partial charge in [-0.15, -0.1) is 11.6 Å². The molecule has 0 aromatic heterocycles. The van der Waals surface area contributed by atoms with Gasteiger partial charge in [-0.2, -0.15) is 13.2 Å². The van der Waals surface area contributed by atoms with Crippen molar-refractivity contribution < 1.29 is 18.0 Å². The summed E-state index contributed by atoms with van der Waals surface area (Å²) in [5.41, 5.74) is 1.01. The van der Waals surface area contributed by atoms with Gasteiger partial charge in [-0.05, 0) is 29.7 Å². The molecule has 0 fully saturated rings. The van der Waals surface area contributed by atoms with Gasteiger partial charge in [0.15, 0.2) is 0 Å². The number of nitrogens with zero attached hydrogens (tertiary/aromatic N) is 1. The zero-order valence-electron chi connectivity index (χ0n) is 12.9. The summed E-state index contributed by atoms with van der Waals surface area (Å²) in [6, 6.07) is 14.5. The van der Waals surface area contributed by atoms with Crippen LogP contribution < -0.4 is 0 Å². The Bertz CT molecular complexity index is 656. The Kier molecular flexibility index (Phi) is 6.26. The summed E-state index contributed by atoms with van der Waals surface area (Å²) in [7, 11) is 0. The molecule has 0 aliphatic heterocycles. The van der Waals surface area contributed by atoms with E-state index in [0.717, 1.165) is 17.7 Å². The molecule has 0 saturated heterocycles. The van der Waals surface area contributed by atoms with E-state index >= 15 is 0 Å². The van der Waals surface area contributed by atoms with Gasteiger partial charge in [0.1, 0.15) is 5.88 Å². The third-order valence-corrected chi connectivity index (χ3v) is 3.86. The van der Waals surface area contributed by atoms with E-state index < -0.39 is 11.7 Å². The number of hydrogen-bond acceptors (Lipinski definition) is 1. The molecular weight excluding hydrogens is 339 g/mol. The summed E-state index contributed by atoms with van der Waals surface area (Å²) in [5.74, 6) is -0.400. The molecule has 1 amide bonds. The first-order chi connectivity index (χ1) is 11.4. The third kappa shape index (κ3) is 5.27. The predicted octanol–water partition coefficient (Wildman–Crippen LogP) is 4.52. The second kappa shape index (κ2) is 8.20. The third-order valence-electron chi connectivity index (χ3n) is 3.63. The van der Waals surface area contributed by atoms with Crippen LogP contribution in [0.25, 0.3) is 0 Å². The summed E-state index contributed by atoms with van der Waals surface area (Å²) in [5, 5.41) is 0. The fourth-order valence-electron chi connectivity index (χ4n) is 2.30. The van der Waals surface area contributed by atoms with Crippen molar-refractivity contribution in [1.82, 2.24) is 4.90 Å². The zero-order chi connectivity index (χ0) is 17.6. The predicted molar refractivity (Wildman–Crippen MR) is 87.7 cm³/mol. The fraction of sp³-hybridized carbons (Fsp3) is 0.278. The molecule has 2 rings (SSSR count). The van der Waals surface area contributed by atoms with Crippen molar-refractivity contribution in [3.63, 3.8) is 0 Å². The lowest BCUT2D eigenvalue weighted by molar-refractivity contribution is -0.137. The average molecular weight is 356 g/mol. The van der Waals surface area contributed by atoms with E-state index in [0.29, 0.717) is 18.5 Å². The highest BCUT2D eigenvalue weighted by Gasteiger charge is 2.30. The molecule has 2 aromatic carbocycles. The normalized spacial score (nSPS) is 11.3. The van der Waals surface area contributed by atoms with Gasteiger partial charge in [0.05, 0.1) is 5.56 Å². The van der Waals surface area contributed by atoms with Crippen molar-refractivity contribution in [3.05, 3.63) is 71.3 Å². The van der Waals surface area contributed by atoms with Gasteiger partial charge in [0.25, 0.3) is 0 Å². The van der Waals surface area contributed by atoms with Crippen molar-refractivity contribution in [2.75, 3.05) is 12.4 Å². The molecule has 0 spiro atoms. The zero-order valence-corrected chi connectivity index (χ0v) is 13.6. The fourth-order valence-corrected chi connectivity index (χ4v) is 2.47. The highest BCUT2D eigenvalue weighted by atomic mass is 35.5. The van der Waals surface area contributed by atoms with E-state index in [2.05, 4.69) is 0 Å². The number of halogens is 4. The average Bonchev–Trinajstić information content (AvgIpc) is 2.58. The Morgan fingerprint density at radius 2 is 1.58 bits per heavy atom. The van der Waals surface area contributed by atoms with Crippen molar-refractivity contribution in [2.24, 2.45) is 0 Å². The Morgan fingerprint density at radius 1 is 0.958 bits per heavy atom. The molecule has 0 aliphatic carbocycles. The lowest BCUT2D eigenvalue weighted by Crippen LogP contribution is -2.33. The minimum absolute atomic E-state index is 0.157. The van der Waals surface area contributed by atoms with Gasteiger partial charge in [0, 0.05) is 13.1 Å². The van der Waals surface area contributed by atoms with E-state index in [1.807, 2.05) is 30.3 Å². The van der Waals surface area contributed by atoms with Gasteiger partial charge in [-0.3, -0.25) is 4.79 Å². The van der Waals surface area contributed by atoms with Crippen molar-refractivity contribution in [2.45, 2.75) is 19.1 Å². The van der Waals surface area contributed by atoms with Crippen LogP contribution in [0.3, 0.4) is 0 Å². The number of carbonyl (C=O) groups excluding carboxylic acids is 1. The van der Waals surface area contributed by atoms with Gasteiger partial charge >= 0.3 is 6.18 Å². The second-order valence-electron chi connectivity index (χ2n) is 5.38. The maximum atomic E-state index is 12.6. The van der Waals surface area contributed by atoms with E-state index in [4.69, 9.17) is 11.6 Å². The molecule has 6 heteroatoms. The molecule has 0 heterocycles. The first kappa shape index (κ1) is 18.3. The van der Waals surface area contributed by atoms with Crippen molar-refractivity contribution in [3.8, 4) is 0 Å².